The smallest absolute Gasteiger partial charge is 0.321 e. The van der Waals surface area contributed by atoms with E-state index in [0.29, 0.717) is 5.75 Å². The minimum Gasteiger partial charge on any atom is -0.496 e. The van der Waals surface area contributed by atoms with Gasteiger partial charge in [0.2, 0.25) is 0 Å². The zero-order valence-electron chi connectivity index (χ0n) is 10.5. The van der Waals surface area contributed by atoms with E-state index in [1.165, 1.54) is 0 Å². The Hall–Kier alpha value is -1.20. The van der Waals surface area contributed by atoms with Gasteiger partial charge in [-0.25, -0.2) is 0 Å². The van der Waals surface area contributed by atoms with Gasteiger partial charge in [-0.3, -0.25) is 10.1 Å². The van der Waals surface area contributed by atoms with Crippen LogP contribution in [0.1, 0.15) is 17.2 Å². The first-order chi connectivity index (χ1) is 8.61. The Kier molecular flexibility index (Phi) is 4.14. The summed E-state index contributed by atoms with van der Waals surface area (Å²) in [4.78, 5) is 11.0. The standard InChI is InChI=1S/C13H17NO3S/c1-8-3-4-12(17-2)9(5-8)10-6-18-7-11(14-10)13(15)16/h3-5,10-11,14H,6-7H2,1-2H3,(H,15,16). The van der Waals surface area contributed by atoms with Crippen molar-refractivity contribution in [2.24, 2.45) is 0 Å². The average molecular weight is 267 g/mol. The van der Waals surface area contributed by atoms with Gasteiger partial charge in [0.25, 0.3) is 0 Å². The van der Waals surface area contributed by atoms with Crippen molar-refractivity contribution in [2.45, 2.75) is 19.0 Å². The van der Waals surface area contributed by atoms with Crippen LogP contribution in [0.5, 0.6) is 5.75 Å². The normalized spacial score (nSPS) is 23.7. The number of carbonyl (C=O) groups is 1. The largest absolute Gasteiger partial charge is 0.496 e. The van der Waals surface area contributed by atoms with Crippen LogP contribution >= 0.6 is 11.8 Å². The van der Waals surface area contributed by atoms with E-state index >= 15 is 0 Å². The van der Waals surface area contributed by atoms with Gasteiger partial charge in [0.15, 0.2) is 0 Å². The summed E-state index contributed by atoms with van der Waals surface area (Å²) in [7, 11) is 1.64. The van der Waals surface area contributed by atoms with Crippen LogP contribution in [0.15, 0.2) is 18.2 Å². The molecule has 5 heteroatoms. The Labute approximate surface area is 111 Å². The van der Waals surface area contributed by atoms with Crippen molar-refractivity contribution in [3.8, 4) is 5.75 Å². The Morgan fingerprint density at radius 2 is 2.28 bits per heavy atom. The number of thioether (sulfide) groups is 1. The number of hydrogen-bond donors (Lipinski definition) is 2. The molecule has 0 spiro atoms. The van der Waals surface area contributed by atoms with Crippen molar-refractivity contribution in [1.29, 1.82) is 0 Å². The van der Waals surface area contributed by atoms with Crippen molar-refractivity contribution in [3.05, 3.63) is 29.3 Å². The first kappa shape index (κ1) is 13.2. The van der Waals surface area contributed by atoms with E-state index in [2.05, 4.69) is 11.4 Å². The summed E-state index contributed by atoms with van der Waals surface area (Å²) in [6.07, 6.45) is 0. The predicted molar refractivity (Wildman–Crippen MR) is 72.4 cm³/mol. The highest BCUT2D eigenvalue weighted by Gasteiger charge is 2.28. The molecule has 1 saturated heterocycles. The van der Waals surface area contributed by atoms with Gasteiger partial charge in [-0.05, 0) is 13.0 Å². The molecule has 0 bridgehead atoms. The third kappa shape index (κ3) is 2.79. The van der Waals surface area contributed by atoms with Crippen molar-refractivity contribution in [1.82, 2.24) is 5.32 Å². The van der Waals surface area contributed by atoms with Crippen LogP contribution in [-0.2, 0) is 4.79 Å². The average Bonchev–Trinajstić information content (AvgIpc) is 2.39. The first-order valence-electron chi connectivity index (χ1n) is 5.83. The number of methoxy groups -OCH3 is 1. The lowest BCUT2D eigenvalue weighted by Gasteiger charge is -2.29. The number of benzene rings is 1. The highest BCUT2D eigenvalue weighted by atomic mass is 32.2. The highest BCUT2D eigenvalue weighted by Crippen LogP contribution is 2.31. The summed E-state index contributed by atoms with van der Waals surface area (Å²) < 4.78 is 5.35. The lowest BCUT2D eigenvalue weighted by atomic mass is 10.0. The van der Waals surface area contributed by atoms with Crippen LogP contribution in [0.4, 0.5) is 0 Å². The lowest BCUT2D eigenvalue weighted by molar-refractivity contribution is -0.139. The molecule has 18 heavy (non-hydrogen) atoms. The molecule has 0 radical (unpaired) electrons. The van der Waals surface area contributed by atoms with Crippen LogP contribution in [0, 0.1) is 6.92 Å². The van der Waals surface area contributed by atoms with E-state index in [4.69, 9.17) is 9.84 Å². The van der Waals surface area contributed by atoms with Crippen LogP contribution < -0.4 is 10.1 Å². The summed E-state index contributed by atoms with van der Waals surface area (Å²) in [6, 6.07) is 5.52. The Morgan fingerprint density at radius 3 is 2.94 bits per heavy atom. The van der Waals surface area contributed by atoms with Crippen molar-refractivity contribution >= 4 is 17.7 Å². The van der Waals surface area contributed by atoms with E-state index in [1.54, 1.807) is 18.9 Å². The van der Waals surface area contributed by atoms with Gasteiger partial charge in [-0.15, -0.1) is 0 Å². The molecule has 2 N–H and O–H groups in total. The number of rotatable bonds is 3. The summed E-state index contributed by atoms with van der Waals surface area (Å²) in [5.41, 5.74) is 2.19. The first-order valence-corrected chi connectivity index (χ1v) is 6.98. The number of carboxylic acids is 1. The number of nitrogens with one attached hydrogen (secondary N) is 1. The molecule has 2 unspecified atom stereocenters. The second-order valence-electron chi connectivity index (χ2n) is 4.39. The minimum atomic E-state index is -0.793. The second kappa shape index (κ2) is 5.63. The summed E-state index contributed by atoms with van der Waals surface area (Å²) in [5, 5.41) is 12.2. The summed E-state index contributed by atoms with van der Waals surface area (Å²) in [6.45, 7) is 2.02. The molecule has 1 aliphatic rings. The molecule has 0 amide bonds. The minimum absolute atomic E-state index is 0.0275. The van der Waals surface area contributed by atoms with Crippen LogP contribution in [0.3, 0.4) is 0 Å². The molecule has 1 aromatic rings. The fourth-order valence-electron chi connectivity index (χ4n) is 2.09. The van der Waals surface area contributed by atoms with Crippen molar-refractivity contribution in [3.63, 3.8) is 0 Å². The number of ether oxygens (including phenoxy) is 1. The van der Waals surface area contributed by atoms with Gasteiger partial charge in [0.05, 0.1) is 7.11 Å². The number of carboxylic acid groups (broad SMARTS) is 1. The van der Waals surface area contributed by atoms with E-state index < -0.39 is 12.0 Å². The molecule has 98 valence electrons. The zero-order valence-corrected chi connectivity index (χ0v) is 11.3. The number of hydrogen-bond acceptors (Lipinski definition) is 4. The topological polar surface area (TPSA) is 58.6 Å². The molecular weight excluding hydrogens is 250 g/mol. The maximum atomic E-state index is 11.0. The van der Waals surface area contributed by atoms with Gasteiger partial charge in [0, 0.05) is 23.1 Å². The van der Waals surface area contributed by atoms with Gasteiger partial charge in [-0.1, -0.05) is 17.7 Å². The van der Waals surface area contributed by atoms with Crippen molar-refractivity contribution < 1.29 is 14.6 Å². The zero-order chi connectivity index (χ0) is 13.1. The third-order valence-electron chi connectivity index (χ3n) is 3.03. The molecule has 1 aromatic carbocycles. The molecule has 1 fully saturated rings. The highest BCUT2D eigenvalue weighted by molar-refractivity contribution is 7.99. The maximum absolute atomic E-state index is 11.0. The van der Waals surface area contributed by atoms with Gasteiger partial charge >= 0.3 is 5.97 Å². The molecule has 0 aromatic heterocycles. The fourth-order valence-corrected chi connectivity index (χ4v) is 3.21. The lowest BCUT2D eigenvalue weighted by Crippen LogP contribution is -2.45. The van der Waals surface area contributed by atoms with Gasteiger partial charge < -0.3 is 9.84 Å². The molecule has 1 heterocycles. The molecule has 1 aliphatic heterocycles. The van der Waals surface area contributed by atoms with E-state index in [9.17, 15) is 4.79 Å². The van der Waals surface area contributed by atoms with Gasteiger partial charge in [0.1, 0.15) is 11.8 Å². The fraction of sp³-hybridized carbons (Fsp3) is 0.462. The third-order valence-corrected chi connectivity index (χ3v) is 4.17. The summed E-state index contributed by atoms with van der Waals surface area (Å²) >= 11 is 1.66. The summed E-state index contributed by atoms with van der Waals surface area (Å²) in [5.74, 6) is 1.49. The number of aryl methyl sites for hydroxylation is 1. The Morgan fingerprint density at radius 1 is 1.50 bits per heavy atom. The molecule has 0 aliphatic carbocycles. The predicted octanol–water partition coefficient (Wildman–Crippen LogP) is 1.83. The van der Waals surface area contributed by atoms with E-state index in [1.807, 2.05) is 19.1 Å². The van der Waals surface area contributed by atoms with Crippen molar-refractivity contribution in [2.75, 3.05) is 18.6 Å². The number of aliphatic carboxylic acids is 1. The molecule has 4 nitrogen and oxygen atoms in total. The SMILES string of the molecule is COc1ccc(C)cc1C1CSCC(C(=O)O)N1. The van der Waals surface area contributed by atoms with Crippen LogP contribution in [-0.4, -0.2) is 35.7 Å². The molecule has 0 saturated carbocycles. The van der Waals surface area contributed by atoms with E-state index in [-0.39, 0.29) is 6.04 Å². The second-order valence-corrected chi connectivity index (χ2v) is 5.47. The molecule has 2 atom stereocenters. The maximum Gasteiger partial charge on any atom is 0.321 e. The Balaban J connectivity index is 2.25. The monoisotopic (exact) mass is 267 g/mol. The quantitative estimate of drug-likeness (QED) is 0.875. The molecule has 2 rings (SSSR count). The Bertz CT molecular complexity index is 450. The molecular formula is C13H17NO3S. The van der Waals surface area contributed by atoms with Gasteiger partial charge in [-0.2, -0.15) is 11.8 Å². The van der Waals surface area contributed by atoms with Crippen LogP contribution in [0.2, 0.25) is 0 Å². The van der Waals surface area contributed by atoms with E-state index in [0.717, 1.165) is 22.6 Å². The van der Waals surface area contributed by atoms with Crippen LogP contribution in [0.25, 0.3) is 0 Å².